The fourth-order valence-corrected chi connectivity index (χ4v) is 2.97. The van der Waals surface area contributed by atoms with Crippen LogP contribution in [-0.2, 0) is 16.1 Å². The molecule has 0 spiro atoms. The van der Waals surface area contributed by atoms with Gasteiger partial charge in [-0.25, -0.2) is 4.68 Å². The van der Waals surface area contributed by atoms with Gasteiger partial charge in [0.1, 0.15) is 5.82 Å². The minimum Gasteiger partial charge on any atom is -0.381 e. The van der Waals surface area contributed by atoms with Crippen molar-refractivity contribution in [3.63, 3.8) is 0 Å². The zero-order valence-corrected chi connectivity index (χ0v) is 14.9. The normalized spacial score (nSPS) is 16.4. The van der Waals surface area contributed by atoms with Gasteiger partial charge in [0.15, 0.2) is 0 Å². The Morgan fingerprint density at radius 2 is 2.15 bits per heavy atom. The second kappa shape index (κ2) is 8.62. The number of nitrogens with one attached hydrogen (secondary N) is 2. The first kappa shape index (κ1) is 18.1. The molecule has 1 aliphatic heterocycles. The average Bonchev–Trinajstić information content (AvgIpc) is 3.28. The van der Waals surface area contributed by atoms with Crippen molar-refractivity contribution in [1.82, 2.24) is 15.1 Å². The summed E-state index contributed by atoms with van der Waals surface area (Å²) in [7, 11) is 0. The summed E-state index contributed by atoms with van der Waals surface area (Å²) in [5, 5.41) is 9.91. The fraction of sp³-hybridized carbons (Fsp3) is 0.421. The molecule has 0 saturated carbocycles. The molecule has 0 aliphatic carbocycles. The summed E-state index contributed by atoms with van der Waals surface area (Å²) in [6, 6.07) is 9.15. The molecular weight excluding hydrogens is 332 g/mol. The van der Waals surface area contributed by atoms with Crippen LogP contribution in [0.5, 0.6) is 0 Å². The number of rotatable bonds is 7. The second-order valence-electron chi connectivity index (χ2n) is 6.50. The third-order valence-corrected chi connectivity index (χ3v) is 4.47. The zero-order chi connectivity index (χ0) is 18.4. The van der Waals surface area contributed by atoms with Crippen molar-refractivity contribution in [2.24, 2.45) is 5.92 Å². The minimum absolute atomic E-state index is 0.153. The molecule has 2 N–H and O–H groups in total. The number of aromatic nitrogens is 2. The van der Waals surface area contributed by atoms with Crippen LogP contribution >= 0.6 is 0 Å². The van der Waals surface area contributed by atoms with E-state index in [0.29, 0.717) is 17.3 Å². The minimum atomic E-state index is -0.165. The molecule has 2 amide bonds. The van der Waals surface area contributed by atoms with Crippen LogP contribution in [0.25, 0.3) is 0 Å². The lowest BCUT2D eigenvalue weighted by Gasteiger charge is -2.12. The molecule has 3 rings (SSSR count). The van der Waals surface area contributed by atoms with Gasteiger partial charge in [-0.15, -0.1) is 0 Å². The molecule has 1 atom stereocenters. The maximum atomic E-state index is 12.2. The third-order valence-electron chi connectivity index (χ3n) is 4.47. The fourth-order valence-electron chi connectivity index (χ4n) is 2.97. The summed E-state index contributed by atoms with van der Waals surface area (Å²) in [5.74, 6) is 0.785. The standard InChI is InChI=1S/C19H24N4O3/c1-14-4-2-3-5-16(14)19(25)20-9-7-18(24)22-17-6-10-21-23(17)12-15-8-11-26-13-15/h2-6,10,15H,7-9,11-13H2,1H3,(H,20,25)(H,22,24)/t15-/m1/s1. The molecule has 0 radical (unpaired) electrons. The summed E-state index contributed by atoms with van der Waals surface area (Å²) in [4.78, 5) is 24.3. The van der Waals surface area contributed by atoms with Crippen molar-refractivity contribution in [1.29, 1.82) is 0 Å². The van der Waals surface area contributed by atoms with Gasteiger partial charge in [0, 0.05) is 43.7 Å². The van der Waals surface area contributed by atoms with Gasteiger partial charge in [-0.05, 0) is 25.0 Å². The number of nitrogens with zero attached hydrogens (tertiary/aromatic N) is 2. The maximum absolute atomic E-state index is 12.2. The molecule has 7 heteroatoms. The van der Waals surface area contributed by atoms with Gasteiger partial charge >= 0.3 is 0 Å². The Hall–Kier alpha value is -2.67. The monoisotopic (exact) mass is 356 g/mol. The summed E-state index contributed by atoms with van der Waals surface area (Å²) in [6.07, 6.45) is 2.89. The number of anilines is 1. The first-order chi connectivity index (χ1) is 12.6. The Bertz CT molecular complexity index is 766. The first-order valence-electron chi connectivity index (χ1n) is 8.86. The number of hydrogen-bond acceptors (Lipinski definition) is 4. The molecule has 0 bridgehead atoms. The molecule has 7 nitrogen and oxygen atoms in total. The number of aryl methyl sites for hydroxylation is 1. The lowest BCUT2D eigenvalue weighted by atomic mass is 10.1. The maximum Gasteiger partial charge on any atom is 0.251 e. The lowest BCUT2D eigenvalue weighted by Crippen LogP contribution is -2.28. The average molecular weight is 356 g/mol. The van der Waals surface area contributed by atoms with Crippen LogP contribution in [0, 0.1) is 12.8 Å². The van der Waals surface area contributed by atoms with Crippen molar-refractivity contribution in [2.45, 2.75) is 26.3 Å². The zero-order valence-electron chi connectivity index (χ0n) is 14.9. The summed E-state index contributed by atoms with van der Waals surface area (Å²) in [6.45, 7) is 4.42. The van der Waals surface area contributed by atoms with Gasteiger partial charge in [0.05, 0.1) is 12.8 Å². The van der Waals surface area contributed by atoms with Crippen LogP contribution < -0.4 is 10.6 Å². The summed E-state index contributed by atoms with van der Waals surface area (Å²) < 4.78 is 7.17. The summed E-state index contributed by atoms with van der Waals surface area (Å²) in [5.41, 5.74) is 1.54. The van der Waals surface area contributed by atoms with E-state index in [1.54, 1.807) is 23.0 Å². The molecule has 2 aromatic rings. The Labute approximate surface area is 152 Å². The first-order valence-corrected chi connectivity index (χ1v) is 8.86. The number of hydrogen-bond donors (Lipinski definition) is 2. The Balaban J connectivity index is 1.45. The van der Waals surface area contributed by atoms with Crippen LogP contribution in [-0.4, -0.2) is 41.4 Å². The molecule has 138 valence electrons. The second-order valence-corrected chi connectivity index (χ2v) is 6.50. The van der Waals surface area contributed by atoms with Crippen LogP contribution in [0.4, 0.5) is 5.82 Å². The highest BCUT2D eigenvalue weighted by Gasteiger charge is 2.18. The van der Waals surface area contributed by atoms with Crippen molar-refractivity contribution in [2.75, 3.05) is 25.1 Å². The van der Waals surface area contributed by atoms with E-state index >= 15 is 0 Å². The highest BCUT2D eigenvalue weighted by Crippen LogP contribution is 2.17. The highest BCUT2D eigenvalue weighted by atomic mass is 16.5. The van der Waals surface area contributed by atoms with Crippen molar-refractivity contribution in [3.05, 3.63) is 47.7 Å². The molecule has 0 unspecified atom stereocenters. The van der Waals surface area contributed by atoms with E-state index in [-0.39, 0.29) is 24.8 Å². The Kier molecular flexibility index (Phi) is 6.01. The number of carbonyl (C=O) groups is 2. The van der Waals surface area contributed by atoms with Crippen molar-refractivity contribution < 1.29 is 14.3 Å². The van der Waals surface area contributed by atoms with Gasteiger partial charge in [-0.2, -0.15) is 5.10 Å². The molecular formula is C19H24N4O3. The van der Waals surface area contributed by atoms with E-state index in [4.69, 9.17) is 4.74 Å². The van der Waals surface area contributed by atoms with E-state index in [1.165, 1.54) is 0 Å². The van der Waals surface area contributed by atoms with Gasteiger partial charge in [0.2, 0.25) is 5.91 Å². The largest absolute Gasteiger partial charge is 0.381 e. The van der Waals surface area contributed by atoms with Crippen molar-refractivity contribution >= 4 is 17.6 Å². The smallest absolute Gasteiger partial charge is 0.251 e. The van der Waals surface area contributed by atoms with Crippen LogP contribution in [0.2, 0.25) is 0 Å². The Morgan fingerprint density at radius 1 is 1.31 bits per heavy atom. The van der Waals surface area contributed by atoms with Gasteiger partial charge < -0.3 is 15.4 Å². The van der Waals surface area contributed by atoms with Crippen molar-refractivity contribution in [3.8, 4) is 0 Å². The SMILES string of the molecule is Cc1ccccc1C(=O)NCCC(=O)Nc1ccnn1C[C@H]1CCOC1. The molecule has 1 aromatic heterocycles. The number of carbonyl (C=O) groups excluding carboxylic acids is 2. The van der Waals surface area contributed by atoms with Gasteiger partial charge in [-0.3, -0.25) is 9.59 Å². The molecule has 1 aliphatic rings. The van der Waals surface area contributed by atoms with Crippen LogP contribution in [0.1, 0.15) is 28.8 Å². The Morgan fingerprint density at radius 3 is 2.92 bits per heavy atom. The molecule has 26 heavy (non-hydrogen) atoms. The number of ether oxygens (including phenoxy) is 1. The molecule has 1 saturated heterocycles. The number of amides is 2. The van der Waals surface area contributed by atoms with Gasteiger partial charge in [-0.1, -0.05) is 18.2 Å². The topological polar surface area (TPSA) is 85.3 Å². The quantitative estimate of drug-likeness (QED) is 0.794. The van der Waals surface area contributed by atoms with E-state index in [9.17, 15) is 9.59 Å². The molecule has 1 aromatic carbocycles. The van der Waals surface area contributed by atoms with E-state index in [1.807, 2.05) is 25.1 Å². The predicted molar refractivity (Wildman–Crippen MR) is 97.9 cm³/mol. The third kappa shape index (κ3) is 4.70. The summed E-state index contributed by atoms with van der Waals surface area (Å²) >= 11 is 0. The predicted octanol–water partition coefficient (Wildman–Crippen LogP) is 1.99. The molecule has 2 heterocycles. The van der Waals surface area contributed by atoms with Gasteiger partial charge in [0.25, 0.3) is 5.91 Å². The highest BCUT2D eigenvalue weighted by molar-refractivity contribution is 5.96. The van der Waals surface area contributed by atoms with Crippen LogP contribution in [0.15, 0.2) is 36.5 Å². The van der Waals surface area contributed by atoms with E-state index < -0.39 is 0 Å². The lowest BCUT2D eigenvalue weighted by molar-refractivity contribution is -0.116. The van der Waals surface area contributed by atoms with E-state index in [0.717, 1.165) is 31.7 Å². The van der Waals surface area contributed by atoms with E-state index in [2.05, 4.69) is 15.7 Å². The van der Waals surface area contributed by atoms with Crippen LogP contribution in [0.3, 0.4) is 0 Å². The number of benzene rings is 1. The molecule has 1 fully saturated rings.